The van der Waals surface area contributed by atoms with E-state index in [0.29, 0.717) is 12.0 Å². The van der Waals surface area contributed by atoms with Gasteiger partial charge in [-0.25, -0.2) is 5.43 Å². The van der Waals surface area contributed by atoms with Crippen molar-refractivity contribution in [1.29, 1.82) is 0 Å². The van der Waals surface area contributed by atoms with Crippen LogP contribution in [0.15, 0.2) is 75.0 Å². The number of amides is 2. The minimum absolute atomic E-state index is 0.109. The maximum absolute atomic E-state index is 13.2. The third kappa shape index (κ3) is 7.72. The number of hydrazone groups is 1. The summed E-state index contributed by atoms with van der Waals surface area (Å²) >= 11 is 7.82. The van der Waals surface area contributed by atoms with E-state index >= 15 is 0 Å². The highest BCUT2D eigenvalue weighted by Crippen LogP contribution is 2.35. The van der Waals surface area contributed by atoms with Crippen molar-refractivity contribution in [3.63, 3.8) is 0 Å². The predicted molar refractivity (Wildman–Crippen MR) is 157 cm³/mol. The maximum atomic E-state index is 13.2. The van der Waals surface area contributed by atoms with Crippen LogP contribution in [-0.2, 0) is 11.0 Å². The molecule has 39 heavy (non-hydrogen) atoms. The van der Waals surface area contributed by atoms with Crippen LogP contribution in [0.25, 0.3) is 0 Å². The molecule has 0 atom stereocenters. The number of hydrogen-bond acceptors (Lipinski definition) is 4. The summed E-state index contributed by atoms with van der Waals surface area (Å²) < 4.78 is 40.4. The van der Waals surface area contributed by atoms with Crippen LogP contribution in [0.2, 0.25) is 5.02 Å². The Morgan fingerprint density at radius 1 is 1.05 bits per heavy atom. The normalized spacial score (nSPS) is 16.0. The van der Waals surface area contributed by atoms with Crippen molar-refractivity contribution in [3.8, 4) is 0 Å². The van der Waals surface area contributed by atoms with Crippen molar-refractivity contribution < 1.29 is 22.8 Å². The summed E-state index contributed by atoms with van der Waals surface area (Å²) in [6.07, 6.45) is 7.75. The number of allylic oxidation sites excluding steroid dienone is 4. The van der Waals surface area contributed by atoms with Crippen molar-refractivity contribution in [2.24, 2.45) is 5.10 Å². The Morgan fingerprint density at radius 2 is 1.82 bits per heavy atom. The summed E-state index contributed by atoms with van der Waals surface area (Å²) in [5.74, 6) is -0.995. The molecule has 0 bridgehead atoms. The monoisotopic (exact) mass is 668 g/mol. The molecule has 0 spiro atoms. The van der Waals surface area contributed by atoms with E-state index in [1.807, 2.05) is 18.2 Å². The van der Waals surface area contributed by atoms with Crippen LogP contribution >= 0.6 is 34.2 Å². The SMILES string of the molecule is O=C(Nc1ccc(N2CCCCC2)cc1C(=O)N/N=C/c1ccc(Cl)c(C(F)(F)F)c1)C1=CC(I)=CCC=C1. The number of hydrogen-bond donors (Lipinski definition) is 2. The third-order valence-corrected chi connectivity index (χ3v) is 7.28. The van der Waals surface area contributed by atoms with Crippen LogP contribution < -0.4 is 15.6 Å². The molecule has 1 fully saturated rings. The quantitative estimate of drug-likeness (QED) is 0.194. The molecule has 11 heteroatoms. The summed E-state index contributed by atoms with van der Waals surface area (Å²) in [7, 11) is 0. The first-order chi connectivity index (χ1) is 18.6. The number of carbonyl (C=O) groups is 2. The molecule has 2 aliphatic rings. The Hall–Kier alpha value is -3.12. The van der Waals surface area contributed by atoms with E-state index in [-0.39, 0.29) is 22.7 Å². The molecule has 1 heterocycles. The fourth-order valence-corrected chi connectivity index (χ4v) is 5.03. The first-order valence-corrected chi connectivity index (χ1v) is 13.7. The largest absolute Gasteiger partial charge is 0.417 e. The Labute approximate surface area is 242 Å². The van der Waals surface area contributed by atoms with E-state index in [0.717, 1.165) is 60.0 Å². The first kappa shape index (κ1) is 28.9. The van der Waals surface area contributed by atoms with Gasteiger partial charge in [0.1, 0.15) is 0 Å². The van der Waals surface area contributed by atoms with Gasteiger partial charge in [0.2, 0.25) is 0 Å². The summed E-state index contributed by atoms with van der Waals surface area (Å²) in [5, 5.41) is 6.24. The second-order valence-electron chi connectivity index (χ2n) is 8.99. The van der Waals surface area contributed by atoms with Gasteiger partial charge in [-0.05, 0) is 90.2 Å². The second kappa shape index (κ2) is 12.8. The molecule has 2 aromatic carbocycles. The summed E-state index contributed by atoms with van der Waals surface area (Å²) in [4.78, 5) is 28.4. The van der Waals surface area contributed by atoms with E-state index in [9.17, 15) is 22.8 Å². The van der Waals surface area contributed by atoms with E-state index in [2.05, 4.69) is 43.3 Å². The van der Waals surface area contributed by atoms with Crippen LogP contribution in [0.1, 0.15) is 47.2 Å². The zero-order valence-corrected chi connectivity index (χ0v) is 23.6. The molecular weight excluding hydrogens is 644 g/mol. The van der Waals surface area contributed by atoms with E-state index < -0.39 is 22.7 Å². The van der Waals surface area contributed by atoms with Gasteiger partial charge in [-0.1, -0.05) is 35.9 Å². The average Bonchev–Trinajstić information content (AvgIpc) is 3.14. The van der Waals surface area contributed by atoms with Crippen molar-refractivity contribution in [2.75, 3.05) is 23.3 Å². The maximum Gasteiger partial charge on any atom is 0.417 e. The van der Waals surface area contributed by atoms with Gasteiger partial charge < -0.3 is 10.2 Å². The number of alkyl halides is 3. The summed E-state index contributed by atoms with van der Waals surface area (Å²) in [6, 6.07) is 8.56. The Balaban J connectivity index is 1.58. The van der Waals surface area contributed by atoms with Crippen LogP contribution in [0.4, 0.5) is 24.5 Å². The molecule has 1 aliphatic carbocycles. The number of piperidine rings is 1. The molecule has 204 valence electrons. The van der Waals surface area contributed by atoms with Gasteiger partial charge in [-0.15, -0.1) is 0 Å². The zero-order chi connectivity index (χ0) is 28.0. The lowest BCUT2D eigenvalue weighted by Gasteiger charge is -2.29. The number of anilines is 2. The number of rotatable bonds is 6. The minimum atomic E-state index is -4.62. The summed E-state index contributed by atoms with van der Waals surface area (Å²) in [6.45, 7) is 1.71. The fraction of sp³-hybridized carbons (Fsp3) is 0.250. The molecule has 2 N–H and O–H groups in total. The smallest absolute Gasteiger partial charge is 0.372 e. The Bertz CT molecular complexity index is 1380. The van der Waals surface area contributed by atoms with E-state index in [4.69, 9.17) is 11.6 Å². The highest BCUT2D eigenvalue weighted by Gasteiger charge is 2.33. The van der Waals surface area contributed by atoms with Gasteiger partial charge >= 0.3 is 6.18 Å². The van der Waals surface area contributed by atoms with Crippen LogP contribution in [-0.4, -0.2) is 31.1 Å². The number of nitrogens with one attached hydrogen (secondary N) is 2. The topological polar surface area (TPSA) is 73.8 Å². The number of benzene rings is 2. The highest BCUT2D eigenvalue weighted by molar-refractivity contribution is 14.1. The fourth-order valence-electron chi connectivity index (χ4n) is 4.21. The van der Waals surface area contributed by atoms with E-state index in [1.54, 1.807) is 24.3 Å². The lowest BCUT2D eigenvalue weighted by atomic mass is 10.1. The molecule has 0 radical (unpaired) electrons. The van der Waals surface area contributed by atoms with Gasteiger partial charge in [0, 0.05) is 27.9 Å². The average molecular weight is 669 g/mol. The molecular formula is C28H25ClF3IN4O2. The third-order valence-electron chi connectivity index (χ3n) is 6.19. The number of carbonyl (C=O) groups excluding carboxylic acids is 2. The minimum Gasteiger partial charge on any atom is -0.372 e. The Morgan fingerprint density at radius 3 is 2.56 bits per heavy atom. The Kier molecular flexibility index (Phi) is 9.49. The van der Waals surface area contributed by atoms with Crippen LogP contribution in [0.5, 0.6) is 0 Å². The highest BCUT2D eigenvalue weighted by atomic mass is 127. The molecule has 1 saturated heterocycles. The zero-order valence-electron chi connectivity index (χ0n) is 20.7. The predicted octanol–water partition coefficient (Wildman–Crippen LogP) is 7.26. The lowest BCUT2D eigenvalue weighted by Crippen LogP contribution is -2.30. The van der Waals surface area contributed by atoms with Gasteiger partial charge in [-0.2, -0.15) is 18.3 Å². The molecule has 2 amide bonds. The number of halogens is 5. The van der Waals surface area contributed by atoms with Gasteiger partial charge in [-0.3, -0.25) is 9.59 Å². The van der Waals surface area contributed by atoms with Crippen molar-refractivity contribution in [3.05, 3.63) is 91.6 Å². The number of nitrogens with zero attached hydrogens (tertiary/aromatic N) is 2. The standard InChI is InChI=1S/C28H25ClF3IN4O2/c29-24-10-8-18(14-23(24)28(30,31)32)17-34-36-27(39)22-16-21(37-12-4-1-5-13-37)9-11-25(22)35-26(38)19-6-2-3-7-20(33)15-19/h2,6-11,14-17H,1,3-5,12-13H2,(H,35,38)(H,36,39)/b34-17+. The van der Waals surface area contributed by atoms with Crippen molar-refractivity contribution in [2.45, 2.75) is 31.9 Å². The van der Waals surface area contributed by atoms with Crippen LogP contribution in [0, 0.1) is 0 Å². The van der Waals surface area contributed by atoms with Crippen molar-refractivity contribution in [1.82, 2.24) is 5.43 Å². The molecule has 4 rings (SSSR count). The first-order valence-electron chi connectivity index (χ1n) is 12.3. The lowest BCUT2D eigenvalue weighted by molar-refractivity contribution is -0.137. The molecule has 0 aromatic heterocycles. The second-order valence-corrected chi connectivity index (χ2v) is 10.6. The molecule has 0 unspecified atom stereocenters. The summed E-state index contributed by atoms with van der Waals surface area (Å²) in [5.41, 5.74) is 3.23. The van der Waals surface area contributed by atoms with Crippen LogP contribution in [0.3, 0.4) is 0 Å². The molecule has 2 aromatic rings. The molecule has 1 aliphatic heterocycles. The van der Waals surface area contributed by atoms with Gasteiger partial charge in [0.25, 0.3) is 11.8 Å². The molecule has 6 nitrogen and oxygen atoms in total. The van der Waals surface area contributed by atoms with Gasteiger partial charge in [0.05, 0.1) is 28.1 Å². The van der Waals surface area contributed by atoms with E-state index in [1.165, 1.54) is 6.07 Å². The van der Waals surface area contributed by atoms with Gasteiger partial charge in [0.15, 0.2) is 0 Å². The molecule has 0 saturated carbocycles. The van der Waals surface area contributed by atoms with Crippen molar-refractivity contribution >= 4 is 63.6 Å².